The van der Waals surface area contributed by atoms with Crippen LogP contribution in [0.15, 0.2) is 0 Å². The van der Waals surface area contributed by atoms with Crippen molar-refractivity contribution in [2.75, 3.05) is 39.3 Å². The predicted octanol–water partition coefficient (Wildman–Crippen LogP) is -0.501. The molecule has 1 amide bonds. The molecular weight excluding hydrogens is 166 g/mol. The number of carbonyl (C=O) groups excluding carboxylic acids is 1. The van der Waals surface area contributed by atoms with Crippen molar-refractivity contribution in [3.63, 3.8) is 0 Å². The van der Waals surface area contributed by atoms with Gasteiger partial charge in [0.1, 0.15) is 0 Å². The van der Waals surface area contributed by atoms with Crippen molar-refractivity contribution in [3.8, 4) is 0 Å². The zero-order chi connectivity index (χ0) is 9.68. The first-order valence-corrected chi connectivity index (χ1v) is 4.98. The van der Waals surface area contributed by atoms with E-state index in [9.17, 15) is 4.79 Å². The van der Waals surface area contributed by atoms with E-state index in [-0.39, 0.29) is 12.5 Å². The first-order valence-electron chi connectivity index (χ1n) is 4.98. The lowest BCUT2D eigenvalue weighted by molar-refractivity contribution is -0.131. The van der Waals surface area contributed by atoms with Gasteiger partial charge in [-0.3, -0.25) is 9.69 Å². The molecule has 0 aromatic heterocycles. The third kappa shape index (κ3) is 2.97. The van der Waals surface area contributed by atoms with Gasteiger partial charge in [-0.05, 0) is 13.0 Å². The number of hydrogen-bond donors (Lipinski definition) is 1. The molecule has 1 saturated heterocycles. The summed E-state index contributed by atoms with van der Waals surface area (Å²) < 4.78 is 0. The quantitative estimate of drug-likeness (QED) is 0.645. The highest BCUT2D eigenvalue weighted by molar-refractivity contribution is 5.78. The Hall–Kier alpha value is -0.610. The van der Waals surface area contributed by atoms with Crippen LogP contribution in [0, 0.1) is 0 Å². The molecule has 1 aliphatic heterocycles. The van der Waals surface area contributed by atoms with Crippen molar-refractivity contribution in [2.45, 2.75) is 13.3 Å². The summed E-state index contributed by atoms with van der Waals surface area (Å²) in [6.45, 7) is 7.15. The summed E-state index contributed by atoms with van der Waals surface area (Å²) in [5.41, 5.74) is 5.29. The average molecular weight is 185 g/mol. The Bertz CT molecular complexity index is 164. The zero-order valence-corrected chi connectivity index (χ0v) is 8.33. The van der Waals surface area contributed by atoms with Gasteiger partial charge in [0.15, 0.2) is 0 Å². The smallest absolute Gasteiger partial charge is 0.236 e. The van der Waals surface area contributed by atoms with Gasteiger partial charge in [-0.1, -0.05) is 6.92 Å². The Balaban J connectivity index is 2.26. The molecule has 0 aliphatic carbocycles. The summed E-state index contributed by atoms with van der Waals surface area (Å²) in [6, 6.07) is 0. The molecule has 2 N–H and O–H groups in total. The topological polar surface area (TPSA) is 49.6 Å². The van der Waals surface area contributed by atoms with E-state index in [1.54, 1.807) is 0 Å². The molecule has 1 aliphatic rings. The second-order valence-corrected chi connectivity index (χ2v) is 3.43. The second-order valence-electron chi connectivity index (χ2n) is 3.43. The Morgan fingerprint density at radius 1 is 1.31 bits per heavy atom. The van der Waals surface area contributed by atoms with Crippen LogP contribution in [0.3, 0.4) is 0 Å². The highest BCUT2D eigenvalue weighted by Gasteiger charge is 2.18. The molecule has 0 radical (unpaired) electrons. The van der Waals surface area contributed by atoms with E-state index in [1.165, 1.54) is 6.42 Å². The number of hydrogen-bond acceptors (Lipinski definition) is 3. The molecule has 76 valence electrons. The average Bonchev–Trinajstić information content (AvgIpc) is 2.18. The largest absolute Gasteiger partial charge is 0.339 e. The van der Waals surface area contributed by atoms with Crippen LogP contribution in [0.5, 0.6) is 0 Å². The lowest BCUT2D eigenvalue weighted by Crippen LogP contribution is -2.50. The fourth-order valence-corrected chi connectivity index (χ4v) is 1.67. The van der Waals surface area contributed by atoms with Crippen molar-refractivity contribution in [1.82, 2.24) is 9.80 Å². The normalized spacial score (nSPS) is 19.1. The maximum absolute atomic E-state index is 11.2. The molecule has 1 fully saturated rings. The zero-order valence-electron chi connectivity index (χ0n) is 8.33. The first-order chi connectivity index (χ1) is 6.27. The van der Waals surface area contributed by atoms with Crippen LogP contribution in [0.4, 0.5) is 0 Å². The van der Waals surface area contributed by atoms with E-state index in [0.717, 1.165) is 32.7 Å². The second kappa shape index (κ2) is 5.19. The molecular formula is C9H19N3O. The summed E-state index contributed by atoms with van der Waals surface area (Å²) in [5, 5.41) is 0. The molecule has 0 saturated carbocycles. The molecule has 0 aromatic rings. The van der Waals surface area contributed by atoms with E-state index < -0.39 is 0 Å². The van der Waals surface area contributed by atoms with E-state index in [2.05, 4.69) is 11.8 Å². The number of nitrogens with zero attached hydrogens (tertiary/aromatic N) is 2. The number of piperazine rings is 1. The maximum Gasteiger partial charge on any atom is 0.236 e. The minimum Gasteiger partial charge on any atom is -0.339 e. The molecule has 13 heavy (non-hydrogen) atoms. The molecule has 4 heteroatoms. The van der Waals surface area contributed by atoms with Crippen LogP contribution < -0.4 is 5.73 Å². The van der Waals surface area contributed by atoms with Gasteiger partial charge in [0.05, 0.1) is 6.54 Å². The first kappa shape index (κ1) is 10.5. The van der Waals surface area contributed by atoms with Gasteiger partial charge in [0.25, 0.3) is 0 Å². The van der Waals surface area contributed by atoms with Crippen LogP contribution in [-0.2, 0) is 4.79 Å². The molecule has 0 unspecified atom stereocenters. The Morgan fingerprint density at radius 3 is 2.38 bits per heavy atom. The van der Waals surface area contributed by atoms with Crippen molar-refractivity contribution < 1.29 is 4.79 Å². The van der Waals surface area contributed by atoms with E-state index in [0.29, 0.717) is 0 Å². The van der Waals surface area contributed by atoms with Gasteiger partial charge < -0.3 is 10.6 Å². The summed E-state index contributed by atoms with van der Waals surface area (Å²) in [4.78, 5) is 15.5. The fraction of sp³-hybridized carbons (Fsp3) is 0.889. The summed E-state index contributed by atoms with van der Waals surface area (Å²) in [5.74, 6) is 0.0798. The molecule has 0 spiro atoms. The lowest BCUT2D eigenvalue weighted by atomic mass is 10.3. The Kier molecular flexibility index (Phi) is 4.18. The SMILES string of the molecule is CCCN1CCN(C(=O)CN)CC1. The van der Waals surface area contributed by atoms with Crippen LogP contribution in [0.1, 0.15) is 13.3 Å². The minimum atomic E-state index is 0.0798. The number of amides is 1. The van der Waals surface area contributed by atoms with E-state index >= 15 is 0 Å². The van der Waals surface area contributed by atoms with Gasteiger partial charge in [0, 0.05) is 26.2 Å². The summed E-state index contributed by atoms with van der Waals surface area (Å²) >= 11 is 0. The van der Waals surface area contributed by atoms with E-state index in [1.807, 2.05) is 4.90 Å². The highest BCUT2D eigenvalue weighted by atomic mass is 16.2. The molecule has 0 bridgehead atoms. The summed E-state index contributed by atoms with van der Waals surface area (Å²) in [6.07, 6.45) is 1.19. The fourth-order valence-electron chi connectivity index (χ4n) is 1.67. The van der Waals surface area contributed by atoms with Crippen LogP contribution in [0.25, 0.3) is 0 Å². The van der Waals surface area contributed by atoms with Crippen molar-refractivity contribution in [2.24, 2.45) is 5.73 Å². The number of nitrogens with two attached hydrogens (primary N) is 1. The lowest BCUT2D eigenvalue weighted by Gasteiger charge is -2.34. The standard InChI is InChI=1S/C9H19N3O/c1-2-3-11-4-6-12(7-5-11)9(13)8-10/h2-8,10H2,1H3. The van der Waals surface area contributed by atoms with Crippen molar-refractivity contribution >= 4 is 5.91 Å². The number of carbonyl (C=O) groups is 1. The molecule has 0 aromatic carbocycles. The summed E-state index contributed by atoms with van der Waals surface area (Å²) in [7, 11) is 0. The third-order valence-corrected chi connectivity index (χ3v) is 2.44. The van der Waals surface area contributed by atoms with Crippen molar-refractivity contribution in [3.05, 3.63) is 0 Å². The molecule has 1 rings (SSSR count). The Labute approximate surface area is 79.7 Å². The van der Waals surface area contributed by atoms with Gasteiger partial charge >= 0.3 is 0 Å². The predicted molar refractivity (Wildman–Crippen MR) is 52.4 cm³/mol. The van der Waals surface area contributed by atoms with Crippen LogP contribution >= 0.6 is 0 Å². The minimum absolute atomic E-state index is 0.0798. The van der Waals surface area contributed by atoms with E-state index in [4.69, 9.17) is 5.73 Å². The van der Waals surface area contributed by atoms with Gasteiger partial charge in [-0.2, -0.15) is 0 Å². The molecule has 1 heterocycles. The van der Waals surface area contributed by atoms with Gasteiger partial charge in [0.2, 0.25) is 5.91 Å². The Morgan fingerprint density at radius 2 is 1.92 bits per heavy atom. The van der Waals surface area contributed by atoms with Crippen LogP contribution in [0.2, 0.25) is 0 Å². The van der Waals surface area contributed by atoms with Crippen LogP contribution in [-0.4, -0.2) is 55.0 Å². The number of rotatable bonds is 3. The third-order valence-electron chi connectivity index (χ3n) is 2.44. The molecule has 4 nitrogen and oxygen atoms in total. The monoisotopic (exact) mass is 185 g/mol. The van der Waals surface area contributed by atoms with Crippen molar-refractivity contribution in [1.29, 1.82) is 0 Å². The maximum atomic E-state index is 11.2. The van der Waals surface area contributed by atoms with Gasteiger partial charge in [-0.15, -0.1) is 0 Å². The van der Waals surface area contributed by atoms with Gasteiger partial charge in [-0.25, -0.2) is 0 Å². The molecule has 0 atom stereocenters. The highest BCUT2D eigenvalue weighted by Crippen LogP contribution is 2.01.